The summed E-state index contributed by atoms with van der Waals surface area (Å²) >= 11 is 0. The van der Waals surface area contributed by atoms with E-state index in [0.29, 0.717) is 37.6 Å². The minimum Gasteiger partial charge on any atom is -0.378 e. The van der Waals surface area contributed by atoms with Crippen molar-refractivity contribution in [3.63, 3.8) is 0 Å². The van der Waals surface area contributed by atoms with E-state index in [2.05, 4.69) is 16.3 Å². The number of fused-ring (bicyclic) bond motifs is 1. The number of nitrogens with zero attached hydrogens (tertiary/aromatic N) is 3. The molecule has 2 saturated heterocycles. The molecular formula is C29H30N4O4. The van der Waals surface area contributed by atoms with Crippen molar-refractivity contribution < 1.29 is 19.1 Å². The molecule has 0 radical (unpaired) electrons. The quantitative estimate of drug-likeness (QED) is 0.326. The number of rotatable bonds is 5. The Balaban J connectivity index is 1.29. The number of pyridine rings is 1. The van der Waals surface area contributed by atoms with Gasteiger partial charge in [0.05, 0.1) is 18.7 Å². The lowest BCUT2D eigenvalue weighted by molar-refractivity contribution is -0.145. The van der Waals surface area contributed by atoms with E-state index in [9.17, 15) is 14.4 Å². The van der Waals surface area contributed by atoms with Crippen LogP contribution in [0.3, 0.4) is 0 Å². The molecule has 37 heavy (non-hydrogen) atoms. The number of carbonyl (C=O) groups excluding carboxylic acids is 3. The molecule has 2 fully saturated rings. The summed E-state index contributed by atoms with van der Waals surface area (Å²) in [5.41, 5.74) is 2.80. The first-order valence-corrected chi connectivity index (χ1v) is 12.7. The van der Waals surface area contributed by atoms with Gasteiger partial charge in [-0.1, -0.05) is 18.2 Å². The Morgan fingerprint density at radius 2 is 1.62 bits per heavy atom. The third-order valence-electron chi connectivity index (χ3n) is 6.72. The third-order valence-corrected chi connectivity index (χ3v) is 6.72. The lowest BCUT2D eigenvalue weighted by atomic mass is 10.1. The van der Waals surface area contributed by atoms with Gasteiger partial charge in [0, 0.05) is 48.4 Å². The number of amides is 2. The first kappa shape index (κ1) is 24.6. The van der Waals surface area contributed by atoms with Gasteiger partial charge >= 0.3 is 11.8 Å². The molecule has 0 saturated carbocycles. The van der Waals surface area contributed by atoms with E-state index in [4.69, 9.17) is 9.72 Å². The number of hydrogen-bond acceptors (Lipinski definition) is 6. The number of allylic oxidation sites excluding steroid dienone is 1. The molecule has 0 bridgehead atoms. The van der Waals surface area contributed by atoms with Gasteiger partial charge in [-0.05, 0) is 67.8 Å². The smallest absolute Gasteiger partial charge is 0.313 e. The topological polar surface area (TPSA) is 91.8 Å². The molecular weight excluding hydrogens is 468 g/mol. The Hall–Kier alpha value is -4.04. The van der Waals surface area contributed by atoms with Crippen LogP contribution in [0.5, 0.6) is 0 Å². The van der Waals surface area contributed by atoms with Crippen molar-refractivity contribution in [3.05, 3.63) is 71.8 Å². The summed E-state index contributed by atoms with van der Waals surface area (Å²) in [7, 11) is 0. The summed E-state index contributed by atoms with van der Waals surface area (Å²) in [6.07, 6.45) is 6.90. The molecule has 3 aromatic rings. The molecule has 3 heterocycles. The summed E-state index contributed by atoms with van der Waals surface area (Å²) in [5, 5.41) is 3.64. The van der Waals surface area contributed by atoms with Crippen molar-refractivity contribution in [2.24, 2.45) is 0 Å². The number of ether oxygens (including phenoxy) is 1. The van der Waals surface area contributed by atoms with Crippen LogP contribution in [-0.2, 0) is 14.3 Å². The number of ketones is 1. The van der Waals surface area contributed by atoms with Crippen LogP contribution in [0.4, 0.5) is 11.5 Å². The molecule has 0 unspecified atom stereocenters. The molecule has 0 spiro atoms. The zero-order chi connectivity index (χ0) is 25.6. The largest absolute Gasteiger partial charge is 0.378 e. The van der Waals surface area contributed by atoms with E-state index in [0.717, 1.165) is 48.2 Å². The second kappa shape index (κ2) is 11.3. The number of carbonyl (C=O) groups is 3. The highest BCUT2D eigenvalue weighted by molar-refractivity contribution is 6.39. The standard InChI is InChI=1S/C29H30N4O4/c34-26(21-8-11-24(12-9-21)30-28(35)29(36)33-16-18-37-19-17-33)13-10-23-20-22-6-2-3-7-25(22)31-27(23)32-14-4-1-5-15-32/h2-3,6-13,20H,1,4-5,14-19H2,(H,30,35)/b13-10+. The van der Waals surface area contributed by atoms with Crippen LogP contribution in [0.15, 0.2) is 60.7 Å². The molecule has 2 aliphatic heterocycles. The van der Waals surface area contributed by atoms with Crippen LogP contribution in [0.2, 0.25) is 0 Å². The average molecular weight is 499 g/mol. The number of aromatic nitrogens is 1. The van der Waals surface area contributed by atoms with Gasteiger partial charge in [0.25, 0.3) is 0 Å². The molecule has 1 N–H and O–H groups in total. The highest BCUT2D eigenvalue weighted by Gasteiger charge is 2.23. The predicted molar refractivity (Wildman–Crippen MR) is 144 cm³/mol. The number of morpholine rings is 1. The molecule has 8 heteroatoms. The maximum absolute atomic E-state index is 12.9. The van der Waals surface area contributed by atoms with Gasteiger partial charge < -0.3 is 19.9 Å². The lowest BCUT2D eigenvalue weighted by Crippen LogP contribution is -2.45. The fraction of sp³-hybridized carbons (Fsp3) is 0.310. The summed E-state index contributed by atoms with van der Waals surface area (Å²) < 4.78 is 5.22. The van der Waals surface area contributed by atoms with Gasteiger partial charge in [-0.2, -0.15) is 0 Å². The first-order valence-electron chi connectivity index (χ1n) is 12.7. The van der Waals surface area contributed by atoms with Crippen molar-refractivity contribution >= 4 is 46.1 Å². The number of para-hydroxylation sites is 1. The van der Waals surface area contributed by atoms with Crippen LogP contribution in [0.25, 0.3) is 17.0 Å². The number of nitrogens with one attached hydrogen (secondary N) is 1. The first-order chi connectivity index (χ1) is 18.1. The summed E-state index contributed by atoms with van der Waals surface area (Å²) in [4.78, 5) is 46.3. The summed E-state index contributed by atoms with van der Waals surface area (Å²) in [5.74, 6) is -0.528. The second-order valence-corrected chi connectivity index (χ2v) is 9.28. The zero-order valence-corrected chi connectivity index (χ0v) is 20.7. The minimum atomic E-state index is -0.699. The number of hydrogen-bond donors (Lipinski definition) is 1. The van der Waals surface area contributed by atoms with Gasteiger partial charge in [0.1, 0.15) is 5.82 Å². The Labute approximate surface area is 215 Å². The van der Waals surface area contributed by atoms with Crippen molar-refractivity contribution in [1.82, 2.24) is 9.88 Å². The molecule has 2 aliphatic rings. The number of anilines is 2. The van der Waals surface area contributed by atoms with Crippen LogP contribution in [-0.4, -0.2) is 66.9 Å². The van der Waals surface area contributed by atoms with Crippen LogP contribution >= 0.6 is 0 Å². The predicted octanol–water partition coefficient (Wildman–Crippen LogP) is 3.92. The van der Waals surface area contributed by atoms with Crippen molar-refractivity contribution in [2.75, 3.05) is 49.6 Å². The summed E-state index contributed by atoms with van der Waals surface area (Å²) in [6.45, 7) is 3.58. The Morgan fingerprint density at radius 3 is 2.38 bits per heavy atom. The van der Waals surface area contributed by atoms with Gasteiger partial charge in [0.2, 0.25) is 0 Å². The fourth-order valence-electron chi connectivity index (χ4n) is 4.68. The third kappa shape index (κ3) is 5.86. The Kier molecular flexibility index (Phi) is 7.56. The molecule has 190 valence electrons. The molecule has 1 aromatic heterocycles. The van der Waals surface area contributed by atoms with Gasteiger partial charge in [0.15, 0.2) is 5.78 Å². The van der Waals surface area contributed by atoms with E-state index < -0.39 is 11.8 Å². The average Bonchev–Trinajstić information content (AvgIpc) is 2.96. The highest BCUT2D eigenvalue weighted by Crippen LogP contribution is 2.27. The van der Waals surface area contributed by atoms with E-state index in [1.165, 1.54) is 11.3 Å². The van der Waals surface area contributed by atoms with E-state index in [-0.39, 0.29) is 5.78 Å². The van der Waals surface area contributed by atoms with Crippen molar-refractivity contribution in [2.45, 2.75) is 19.3 Å². The maximum atomic E-state index is 12.9. The maximum Gasteiger partial charge on any atom is 0.313 e. The minimum absolute atomic E-state index is 0.153. The van der Waals surface area contributed by atoms with E-state index in [1.54, 1.807) is 30.3 Å². The van der Waals surface area contributed by atoms with Gasteiger partial charge in [-0.25, -0.2) is 4.98 Å². The SMILES string of the molecule is O=C(Nc1ccc(C(=O)/C=C/c2cc3ccccc3nc2N2CCCCC2)cc1)C(=O)N1CCOCC1. The van der Waals surface area contributed by atoms with Crippen LogP contribution < -0.4 is 10.2 Å². The normalized spacial score (nSPS) is 16.2. The van der Waals surface area contributed by atoms with Crippen molar-refractivity contribution in [1.29, 1.82) is 0 Å². The number of benzene rings is 2. The Bertz CT molecular complexity index is 1320. The lowest BCUT2D eigenvalue weighted by Gasteiger charge is -2.29. The molecule has 2 aromatic carbocycles. The van der Waals surface area contributed by atoms with Crippen LogP contribution in [0.1, 0.15) is 35.2 Å². The molecule has 2 amide bonds. The van der Waals surface area contributed by atoms with E-state index >= 15 is 0 Å². The van der Waals surface area contributed by atoms with Crippen molar-refractivity contribution in [3.8, 4) is 0 Å². The van der Waals surface area contributed by atoms with Crippen LogP contribution in [0, 0.1) is 0 Å². The van der Waals surface area contributed by atoms with Gasteiger partial charge in [-0.3, -0.25) is 14.4 Å². The number of piperidine rings is 1. The molecule has 0 aliphatic carbocycles. The summed E-state index contributed by atoms with van der Waals surface area (Å²) in [6, 6.07) is 16.6. The van der Waals surface area contributed by atoms with Gasteiger partial charge in [-0.15, -0.1) is 0 Å². The zero-order valence-electron chi connectivity index (χ0n) is 20.7. The molecule has 8 nitrogen and oxygen atoms in total. The van der Waals surface area contributed by atoms with E-state index in [1.807, 2.05) is 30.3 Å². The second-order valence-electron chi connectivity index (χ2n) is 9.28. The fourth-order valence-corrected chi connectivity index (χ4v) is 4.68. The highest BCUT2D eigenvalue weighted by atomic mass is 16.5. The molecule has 0 atom stereocenters. The Morgan fingerprint density at radius 1 is 0.892 bits per heavy atom. The molecule has 5 rings (SSSR count). The monoisotopic (exact) mass is 498 g/mol.